The fourth-order valence-electron chi connectivity index (χ4n) is 8.14. The smallest absolute Gasteiger partial charge is 1.00 e. The molecule has 0 radical (unpaired) electrons. The predicted octanol–water partition coefficient (Wildman–Crippen LogP) is 4.74. The van der Waals surface area contributed by atoms with E-state index >= 15 is 0 Å². The second-order valence-corrected chi connectivity index (χ2v) is 31.4. The molecule has 0 spiro atoms. The van der Waals surface area contributed by atoms with Crippen LogP contribution in [0.25, 0.3) is 32.7 Å². The minimum absolute atomic E-state index is 0. The Bertz CT molecular complexity index is 2220. The van der Waals surface area contributed by atoms with Crippen molar-refractivity contribution in [2.45, 2.75) is 27.7 Å². The van der Waals surface area contributed by atoms with Gasteiger partial charge < -0.3 is 24.8 Å². The standard InChI is InChI=1S/2C17H15.C12H10Si.2ClH.Hf/c2*1-12-9-13(2)17(10-12)16-8-7-14-5-3-4-6-15(14)11-16;1-3-7-11(8-4-1)13-12-9-5-2-6-10-12;;;/h2*3-8,10-12H,1-2H3;1-10H;2*1H;/q;;;;;+2/p-2. The monoisotopic (exact) mass is 870 g/mol. The van der Waals surface area contributed by atoms with Crippen LogP contribution in [0.15, 0.2) is 176 Å². The maximum atomic E-state index is 2.60. The molecule has 2 aliphatic carbocycles. The van der Waals surface area contributed by atoms with Crippen molar-refractivity contribution in [2.75, 3.05) is 0 Å². The van der Waals surface area contributed by atoms with Gasteiger partial charge in [0, 0.05) is 0 Å². The van der Waals surface area contributed by atoms with Crippen molar-refractivity contribution in [2.24, 2.45) is 11.8 Å². The fraction of sp³-hybridized carbons (Fsp3) is 0.130. The summed E-state index contributed by atoms with van der Waals surface area (Å²) in [6, 6.07) is 54.8. The first-order chi connectivity index (χ1) is 23.5. The number of benzene rings is 6. The molecule has 0 N–H and O–H groups in total. The van der Waals surface area contributed by atoms with Crippen LogP contribution < -0.4 is 35.2 Å². The molecule has 2 aliphatic rings. The van der Waals surface area contributed by atoms with Gasteiger partial charge in [0.1, 0.15) is 0 Å². The maximum Gasteiger partial charge on any atom is -1.00 e. The first kappa shape index (κ1) is 36.3. The number of hydrogen-bond acceptors (Lipinski definition) is 0. The molecule has 0 heterocycles. The Kier molecular flexibility index (Phi) is 11.2. The Morgan fingerprint density at radius 2 is 0.800 bits per heavy atom. The minimum Gasteiger partial charge on any atom is -1.00 e. The molecule has 6 aromatic carbocycles. The van der Waals surface area contributed by atoms with Crippen molar-refractivity contribution in [1.82, 2.24) is 0 Å². The molecule has 0 nitrogen and oxygen atoms in total. The Morgan fingerprint density at radius 3 is 1.20 bits per heavy atom. The van der Waals surface area contributed by atoms with Gasteiger partial charge in [-0.2, -0.15) is 0 Å². The third-order valence-corrected chi connectivity index (χ3v) is 38.6. The van der Waals surface area contributed by atoms with Gasteiger partial charge in [-0.1, -0.05) is 0 Å². The van der Waals surface area contributed by atoms with Crippen molar-refractivity contribution >= 4 is 48.6 Å². The van der Waals surface area contributed by atoms with E-state index in [9.17, 15) is 0 Å². The summed E-state index contributed by atoms with van der Waals surface area (Å²) in [4.78, 5) is 0. The molecule has 2 unspecified atom stereocenters. The summed E-state index contributed by atoms with van der Waals surface area (Å²) in [7, 11) is 0. The summed E-state index contributed by atoms with van der Waals surface area (Å²) in [5.74, 6) is 0.858. The van der Waals surface area contributed by atoms with Crippen LogP contribution in [0.1, 0.15) is 38.8 Å². The van der Waals surface area contributed by atoms with E-state index in [-0.39, 0.29) is 24.8 Å². The Balaban J connectivity index is 0.00000216. The third-order valence-electron chi connectivity index (χ3n) is 10.4. The van der Waals surface area contributed by atoms with Crippen molar-refractivity contribution in [3.8, 4) is 0 Å². The second-order valence-electron chi connectivity index (χ2n) is 13.4. The van der Waals surface area contributed by atoms with Crippen molar-refractivity contribution in [3.63, 3.8) is 0 Å². The molecule has 50 heavy (non-hydrogen) atoms. The van der Waals surface area contributed by atoms with Crippen molar-refractivity contribution < 1.29 is 44.9 Å². The van der Waals surface area contributed by atoms with Crippen molar-refractivity contribution in [3.05, 3.63) is 187 Å². The minimum atomic E-state index is -2.93. The first-order valence-corrected chi connectivity index (χ1v) is 27.7. The van der Waals surface area contributed by atoms with E-state index in [2.05, 4.69) is 185 Å². The molecule has 2 atom stereocenters. The first-order valence-electron chi connectivity index (χ1n) is 17.2. The molecule has 0 saturated heterocycles. The number of hydrogen-bond donors (Lipinski definition) is 0. The normalized spacial score (nSPS) is 16.8. The molecule has 0 bridgehead atoms. The quantitative estimate of drug-likeness (QED) is 0.213. The average molecular weight is 870 g/mol. The van der Waals surface area contributed by atoms with E-state index in [4.69, 9.17) is 0 Å². The van der Waals surface area contributed by atoms with E-state index in [0.717, 1.165) is 0 Å². The van der Waals surface area contributed by atoms with Gasteiger partial charge in [-0.05, 0) is 0 Å². The van der Waals surface area contributed by atoms with Gasteiger partial charge in [0.15, 0.2) is 0 Å². The Labute approximate surface area is 317 Å². The molecule has 246 valence electrons. The average Bonchev–Trinajstić information content (AvgIpc) is 3.60. The molecular weight excluding hydrogens is 830 g/mol. The molecule has 6 aromatic rings. The van der Waals surface area contributed by atoms with Gasteiger partial charge >= 0.3 is 295 Å². The molecular formula is C46H40Cl2HfSi. The van der Waals surface area contributed by atoms with E-state index in [1.54, 1.807) is 28.2 Å². The van der Waals surface area contributed by atoms with Gasteiger partial charge in [-0.3, -0.25) is 0 Å². The Morgan fingerprint density at radius 1 is 0.440 bits per heavy atom. The molecule has 0 aromatic heterocycles. The van der Waals surface area contributed by atoms with Crippen LogP contribution in [0.5, 0.6) is 0 Å². The molecule has 0 fully saturated rings. The van der Waals surface area contributed by atoms with E-state index in [1.165, 1.54) is 43.8 Å². The van der Waals surface area contributed by atoms with Crippen LogP contribution >= 0.6 is 0 Å². The fourth-order valence-corrected chi connectivity index (χ4v) is 41.6. The van der Waals surface area contributed by atoms with Gasteiger partial charge in [-0.15, -0.1) is 0 Å². The van der Waals surface area contributed by atoms with Crippen LogP contribution in [0, 0.1) is 11.8 Å². The summed E-state index contributed by atoms with van der Waals surface area (Å²) in [5.41, 5.74) is 7.60. The second kappa shape index (κ2) is 15.4. The Hall–Kier alpha value is -3.53. The van der Waals surface area contributed by atoms with Gasteiger partial charge in [0.2, 0.25) is 0 Å². The summed E-state index contributed by atoms with van der Waals surface area (Å²) in [5, 5.41) is 8.37. The third kappa shape index (κ3) is 6.64. The summed E-state index contributed by atoms with van der Waals surface area (Å²) in [6.07, 6.45) is 5.20. The van der Waals surface area contributed by atoms with Crippen LogP contribution in [0.4, 0.5) is 0 Å². The molecule has 0 saturated carbocycles. The molecule has 0 amide bonds. The van der Waals surface area contributed by atoms with Crippen LogP contribution in [-0.4, -0.2) is 5.49 Å². The van der Waals surface area contributed by atoms with E-state index < -0.39 is 25.6 Å². The number of rotatable bonds is 6. The molecule has 0 aliphatic heterocycles. The van der Waals surface area contributed by atoms with E-state index in [1.807, 2.05) is 0 Å². The summed E-state index contributed by atoms with van der Waals surface area (Å²) < 4.78 is 3.61. The van der Waals surface area contributed by atoms with E-state index in [0.29, 0.717) is 11.8 Å². The van der Waals surface area contributed by atoms with Crippen molar-refractivity contribution in [1.29, 1.82) is 0 Å². The largest absolute Gasteiger partial charge is 1.00 e. The molecule has 8 rings (SSSR count). The van der Waals surface area contributed by atoms with Gasteiger partial charge in [0.25, 0.3) is 0 Å². The zero-order valence-corrected chi connectivity index (χ0v) is 35.0. The summed E-state index contributed by atoms with van der Waals surface area (Å²) in [6.45, 7) is 9.88. The number of halogens is 2. The topological polar surface area (TPSA) is 0 Å². The predicted molar refractivity (Wildman–Crippen MR) is 205 cm³/mol. The summed E-state index contributed by atoms with van der Waals surface area (Å²) >= 11 is -2.93. The van der Waals surface area contributed by atoms with Crippen LogP contribution in [0.2, 0.25) is 0 Å². The SMILES string of the molecule is CC1=[C]([Hf+2]([C]2=C(C)C(c3ccc4ccccc4c3)=CC2C)=[Si](c2ccccc2)c2ccccc2)C(C)C=C1c1ccc2ccccc2c1.[Cl-].[Cl-]. The maximum absolute atomic E-state index is 2.93. The van der Waals surface area contributed by atoms with Gasteiger partial charge in [-0.25, -0.2) is 0 Å². The zero-order valence-electron chi connectivity index (χ0n) is 28.9. The molecule has 4 heteroatoms. The number of fused-ring (bicyclic) bond motifs is 2. The zero-order chi connectivity index (χ0) is 32.8. The van der Waals surface area contributed by atoms with Crippen LogP contribution in [0.3, 0.4) is 0 Å². The number of allylic oxidation sites excluding steroid dienone is 8. The van der Waals surface area contributed by atoms with Crippen LogP contribution in [-0.2, 0) is 20.1 Å². The van der Waals surface area contributed by atoms with Gasteiger partial charge in [0.05, 0.1) is 0 Å².